The van der Waals surface area contributed by atoms with E-state index in [-0.39, 0.29) is 0 Å². The van der Waals surface area contributed by atoms with Crippen LogP contribution in [0.25, 0.3) is 118 Å². The van der Waals surface area contributed by atoms with Gasteiger partial charge in [0.05, 0.1) is 0 Å². The van der Waals surface area contributed by atoms with Gasteiger partial charge < -0.3 is 8.83 Å². The van der Waals surface area contributed by atoms with E-state index >= 15 is 0 Å². The Hall–Kier alpha value is -5.94. The van der Waals surface area contributed by atoms with Crippen molar-refractivity contribution in [1.29, 1.82) is 0 Å². The Morgan fingerprint density at radius 2 is 0.960 bits per heavy atom. The van der Waals surface area contributed by atoms with Gasteiger partial charge in [0, 0.05) is 51.8 Å². The molecule has 4 aromatic heterocycles. The van der Waals surface area contributed by atoms with Gasteiger partial charge in [-0.05, 0) is 104 Å². The summed E-state index contributed by atoms with van der Waals surface area (Å²) < 4.78 is 16.8. The van der Waals surface area contributed by atoms with E-state index in [0.717, 1.165) is 43.9 Å². The molecule has 0 saturated carbocycles. The van der Waals surface area contributed by atoms with Crippen LogP contribution in [-0.2, 0) is 0 Å². The zero-order valence-electron chi connectivity index (χ0n) is 26.5. The minimum Gasteiger partial charge on any atom is -0.456 e. The molecule has 0 spiro atoms. The first-order valence-corrected chi connectivity index (χ1v) is 18.5. The van der Waals surface area contributed by atoms with Gasteiger partial charge in [0.15, 0.2) is 0 Å². The van der Waals surface area contributed by atoms with Gasteiger partial charge in [-0.15, -0.1) is 22.7 Å². The number of fused-ring (bicyclic) bond motifs is 14. The molecule has 2 nitrogen and oxygen atoms in total. The zero-order valence-corrected chi connectivity index (χ0v) is 28.1. The van der Waals surface area contributed by atoms with Gasteiger partial charge in [-0.25, -0.2) is 0 Å². The fourth-order valence-electron chi connectivity index (χ4n) is 8.54. The molecule has 12 aromatic rings. The van der Waals surface area contributed by atoms with Crippen molar-refractivity contribution < 1.29 is 8.83 Å². The van der Waals surface area contributed by atoms with Crippen LogP contribution in [0.15, 0.2) is 154 Å². The van der Waals surface area contributed by atoms with Crippen LogP contribution in [0.3, 0.4) is 0 Å². The second kappa shape index (κ2) is 9.82. The molecule has 0 fully saturated rings. The number of rotatable bonds is 2. The highest BCUT2D eigenvalue weighted by atomic mass is 32.1. The predicted molar refractivity (Wildman–Crippen MR) is 215 cm³/mol. The average molecular weight is 673 g/mol. The van der Waals surface area contributed by atoms with Crippen molar-refractivity contribution in [3.63, 3.8) is 0 Å². The van der Waals surface area contributed by atoms with Gasteiger partial charge in [0.1, 0.15) is 22.3 Å². The summed E-state index contributed by atoms with van der Waals surface area (Å²) in [6.07, 6.45) is 0. The fraction of sp³-hybridized carbons (Fsp3) is 0. The molecule has 0 amide bonds. The first-order valence-electron chi connectivity index (χ1n) is 16.8. The number of furan rings is 2. The van der Waals surface area contributed by atoms with E-state index < -0.39 is 0 Å². The summed E-state index contributed by atoms with van der Waals surface area (Å²) in [4.78, 5) is 0. The summed E-state index contributed by atoms with van der Waals surface area (Å²) in [6, 6.07) is 50.7. The molecule has 50 heavy (non-hydrogen) atoms. The zero-order chi connectivity index (χ0) is 32.5. The van der Waals surface area contributed by atoms with Gasteiger partial charge in [0.25, 0.3) is 0 Å². The van der Waals surface area contributed by atoms with E-state index in [1.807, 2.05) is 46.9 Å². The summed E-state index contributed by atoms with van der Waals surface area (Å²) in [6.45, 7) is 0. The van der Waals surface area contributed by atoms with Crippen molar-refractivity contribution in [2.75, 3.05) is 0 Å². The summed E-state index contributed by atoms with van der Waals surface area (Å²) in [5.41, 5.74) is 8.50. The summed E-state index contributed by atoms with van der Waals surface area (Å²) >= 11 is 3.71. The number of benzene rings is 8. The van der Waals surface area contributed by atoms with E-state index in [2.05, 4.69) is 121 Å². The van der Waals surface area contributed by atoms with Crippen molar-refractivity contribution in [3.05, 3.63) is 145 Å². The number of hydrogen-bond acceptors (Lipinski definition) is 4. The largest absolute Gasteiger partial charge is 0.456 e. The van der Waals surface area contributed by atoms with E-state index in [9.17, 15) is 0 Å². The maximum Gasteiger partial charge on any atom is 0.136 e. The molecule has 0 bridgehead atoms. The molecule has 0 aliphatic rings. The van der Waals surface area contributed by atoms with Crippen LogP contribution in [0.4, 0.5) is 0 Å². The van der Waals surface area contributed by atoms with Gasteiger partial charge in [0.2, 0.25) is 0 Å². The van der Waals surface area contributed by atoms with Crippen molar-refractivity contribution in [2.45, 2.75) is 0 Å². The smallest absolute Gasteiger partial charge is 0.136 e. The van der Waals surface area contributed by atoms with Crippen LogP contribution in [0.5, 0.6) is 0 Å². The lowest BCUT2D eigenvalue weighted by atomic mass is 9.84. The number of thiophene rings is 2. The Balaban J connectivity index is 1.20. The third-order valence-electron chi connectivity index (χ3n) is 10.6. The molecular weight excluding hydrogens is 649 g/mol. The Kier molecular flexibility index (Phi) is 5.29. The summed E-state index contributed by atoms with van der Waals surface area (Å²) in [5, 5.41) is 15.7. The second-order valence-electron chi connectivity index (χ2n) is 13.1. The van der Waals surface area contributed by atoms with Gasteiger partial charge in [-0.1, -0.05) is 84.9 Å². The highest BCUT2D eigenvalue weighted by Crippen LogP contribution is 2.50. The van der Waals surface area contributed by atoms with Crippen LogP contribution < -0.4 is 0 Å². The maximum absolute atomic E-state index is 6.47. The minimum absolute atomic E-state index is 0.872. The molecule has 0 radical (unpaired) electrons. The molecule has 232 valence electrons. The molecule has 0 N–H and O–H groups in total. The normalized spacial score (nSPS) is 12.4. The molecule has 0 aliphatic heterocycles. The fourth-order valence-corrected chi connectivity index (χ4v) is 10.5. The first-order chi connectivity index (χ1) is 24.8. The van der Waals surface area contributed by atoms with Gasteiger partial charge in [-0.3, -0.25) is 0 Å². The topological polar surface area (TPSA) is 26.3 Å². The molecular formula is C46H24O2S2. The van der Waals surface area contributed by atoms with Crippen LogP contribution in [0.2, 0.25) is 0 Å². The van der Waals surface area contributed by atoms with Crippen LogP contribution in [-0.4, -0.2) is 0 Å². The average Bonchev–Trinajstić information content (AvgIpc) is 3.95. The number of hydrogen-bond donors (Lipinski definition) is 0. The van der Waals surface area contributed by atoms with Crippen LogP contribution in [0.1, 0.15) is 0 Å². The first kappa shape index (κ1) is 26.9. The van der Waals surface area contributed by atoms with Gasteiger partial charge >= 0.3 is 0 Å². The monoisotopic (exact) mass is 672 g/mol. The summed E-state index contributed by atoms with van der Waals surface area (Å²) in [7, 11) is 0. The predicted octanol–water partition coefficient (Wildman–Crippen LogP) is 14.7. The standard InChI is InChI=1S/C46H24O2S2/c1-3-10-28-26(8-1)41(25-16-17-35-33(24-25)44-37(48-35)19-18-36-43(44)30-12-5-6-14-34(30)47-36)27-9-2-4-11-29(27)42(28)32-13-7-15-39-46(32)45-31-22-23-49-38(31)20-21-40(45)50-39/h1-24H. The lowest BCUT2D eigenvalue weighted by molar-refractivity contribution is 0.663. The lowest BCUT2D eigenvalue weighted by Crippen LogP contribution is -1.91. The molecule has 8 aromatic carbocycles. The Morgan fingerprint density at radius 3 is 1.72 bits per heavy atom. The van der Waals surface area contributed by atoms with Gasteiger partial charge in [-0.2, -0.15) is 0 Å². The molecule has 4 heterocycles. The highest BCUT2D eigenvalue weighted by Gasteiger charge is 2.22. The van der Waals surface area contributed by atoms with Crippen LogP contribution in [0, 0.1) is 0 Å². The SMILES string of the molecule is c1ccc2c(c1)oc1ccc3oc4ccc(-c5c6ccccc6c(-c6cccc7sc8ccc9sccc9c8c67)c6ccccc56)cc4c3c12. The molecule has 0 unspecified atom stereocenters. The highest BCUT2D eigenvalue weighted by molar-refractivity contribution is 7.26. The Morgan fingerprint density at radius 1 is 0.360 bits per heavy atom. The second-order valence-corrected chi connectivity index (χ2v) is 15.1. The lowest BCUT2D eigenvalue weighted by Gasteiger charge is -2.18. The molecule has 4 heteroatoms. The maximum atomic E-state index is 6.47. The van der Waals surface area contributed by atoms with E-state index in [4.69, 9.17) is 8.83 Å². The quantitative estimate of drug-likeness (QED) is 0.171. The number of para-hydroxylation sites is 1. The Bertz CT molecular complexity index is 3330. The van der Waals surface area contributed by atoms with Crippen LogP contribution >= 0.6 is 22.7 Å². The molecule has 0 aliphatic carbocycles. The molecule has 0 saturated heterocycles. The summed E-state index contributed by atoms with van der Waals surface area (Å²) in [5.74, 6) is 0. The minimum atomic E-state index is 0.872. The Labute approximate surface area is 293 Å². The third kappa shape index (κ3) is 3.51. The van der Waals surface area contributed by atoms with Crippen molar-refractivity contribution >= 4 is 118 Å². The van der Waals surface area contributed by atoms with E-state index in [1.54, 1.807) is 0 Å². The third-order valence-corrected chi connectivity index (χ3v) is 12.6. The van der Waals surface area contributed by atoms with Crippen molar-refractivity contribution in [1.82, 2.24) is 0 Å². The molecule has 12 rings (SSSR count). The van der Waals surface area contributed by atoms with Crippen molar-refractivity contribution in [2.24, 2.45) is 0 Å². The van der Waals surface area contributed by atoms with E-state index in [1.165, 1.54) is 74.1 Å². The van der Waals surface area contributed by atoms with Crippen molar-refractivity contribution in [3.8, 4) is 22.3 Å². The van der Waals surface area contributed by atoms with E-state index in [0.29, 0.717) is 0 Å². The molecule has 0 atom stereocenters.